The van der Waals surface area contributed by atoms with Crippen molar-refractivity contribution in [3.8, 4) is 11.1 Å². The Hall–Kier alpha value is -2.69. The first-order valence-electron chi connectivity index (χ1n) is 8.62. The van der Waals surface area contributed by atoms with Crippen molar-refractivity contribution in [2.24, 2.45) is 0 Å². The first kappa shape index (κ1) is 14.6. The van der Waals surface area contributed by atoms with Crippen molar-refractivity contribution in [1.82, 2.24) is 0 Å². The van der Waals surface area contributed by atoms with E-state index in [1.54, 1.807) is 0 Å². The van der Waals surface area contributed by atoms with Crippen LogP contribution in [0.15, 0.2) is 109 Å². The molecule has 0 aliphatic carbocycles. The Morgan fingerprint density at radius 3 is 1.16 bits per heavy atom. The average Bonchev–Trinajstić information content (AvgIpc) is 3.01. The molecular formula is C24H18P+. The van der Waals surface area contributed by atoms with Crippen molar-refractivity contribution in [2.45, 2.75) is 0 Å². The highest BCUT2D eigenvalue weighted by atomic mass is 31.2. The molecule has 0 nitrogen and oxygen atoms in total. The standard InChI is InChI=1S/C24H18P/c1-3-11-19(12-4-1)25(20-13-5-2-6-14-20)23-17-9-7-15-21(23)22-16-8-10-18-24(22)25/h1-18H/q+1. The molecule has 1 heteroatoms. The molecule has 0 N–H and O–H groups in total. The Kier molecular flexibility index (Phi) is 3.33. The summed E-state index contributed by atoms with van der Waals surface area (Å²) in [5.74, 6) is 0. The molecule has 0 amide bonds. The summed E-state index contributed by atoms with van der Waals surface area (Å²) in [4.78, 5) is 0. The van der Waals surface area contributed by atoms with Gasteiger partial charge in [-0.1, -0.05) is 72.8 Å². The summed E-state index contributed by atoms with van der Waals surface area (Å²) in [6, 6.07) is 40.0. The largest absolute Gasteiger partial charge is 0.145 e. The van der Waals surface area contributed by atoms with E-state index in [1.807, 2.05) is 0 Å². The van der Waals surface area contributed by atoms with Gasteiger partial charge in [0, 0.05) is 11.1 Å². The zero-order valence-corrected chi connectivity index (χ0v) is 14.7. The van der Waals surface area contributed by atoms with Crippen molar-refractivity contribution >= 4 is 28.5 Å². The minimum Gasteiger partial charge on any atom is -0.0620 e. The van der Waals surface area contributed by atoms with E-state index < -0.39 is 7.26 Å². The lowest BCUT2D eigenvalue weighted by Gasteiger charge is -2.24. The van der Waals surface area contributed by atoms with E-state index in [1.165, 1.54) is 32.3 Å². The first-order chi connectivity index (χ1) is 12.4. The van der Waals surface area contributed by atoms with Gasteiger partial charge in [0.2, 0.25) is 0 Å². The molecule has 118 valence electrons. The van der Waals surface area contributed by atoms with Crippen LogP contribution in [0.1, 0.15) is 0 Å². The Morgan fingerprint density at radius 2 is 0.720 bits per heavy atom. The average molecular weight is 337 g/mol. The van der Waals surface area contributed by atoms with E-state index in [2.05, 4.69) is 109 Å². The van der Waals surface area contributed by atoms with Crippen LogP contribution < -0.4 is 21.2 Å². The summed E-state index contributed by atoms with van der Waals surface area (Å²) in [6.07, 6.45) is 0. The van der Waals surface area contributed by atoms with Crippen LogP contribution in [0.25, 0.3) is 11.1 Å². The van der Waals surface area contributed by atoms with Crippen LogP contribution in [0.5, 0.6) is 0 Å². The van der Waals surface area contributed by atoms with Gasteiger partial charge in [0.25, 0.3) is 0 Å². The molecule has 5 rings (SSSR count). The summed E-state index contributed by atoms with van der Waals surface area (Å²) >= 11 is 0. The van der Waals surface area contributed by atoms with E-state index in [9.17, 15) is 0 Å². The summed E-state index contributed by atoms with van der Waals surface area (Å²) in [5.41, 5.74) is 2.78. The second kappa shape index (κ2) is 5.69. The van der Waals surface area contributed by atoms with E-state index in [0.29, 0.717) is 0 Å². The highest BCUT2D eigenvalue weighted by molar-refractivity contribution is 8.02. The fourth-order valence-electron chi connectivity index (χ4n) is 4.13. The Labute approximate surface area is 149 Å². The van der Waals surface area contributed by atoms with Gasteiger partial charge in [0.05, 0.1) is 0 Å². The topological polar surface area (TPSA) is 0 Å². The Bertz CT molecular complexity index is 949. The molecule has 1 heterocycles. The van der Waals surface area contributed by atoms with E-state index in [-0.39, 0.29) is 0 Å². The fourth-order valence-corrected chi connectivity index (χ4v) is 8.77. The predicted molar refractivity (Wildman–Crippen MR) is 110 cm³/mol. The third-order valence-electron chi connectivity index (χ3n) is 5.11. The zero-order chi connectivity index (χ0) is 16.7. The maximum absolute atomic E-state index is 2.34. The zero-order valence-electron chi connectivity index (χ0n) is 13.8. The molecular weight excluding hydrogens is 319 g/mol. The molecule has 1 aliphatic rings. The molecule has 0 atom stereocenters. The number of benzene rings is 4. The molecule has 0 radical (unpaired) electrons. The second-order valence-corrected chi connectivity index (χ2v) is 9.71. The number of rotatable bonds is 2. The third-order valence-corrected chi connectivity index (χ3v) is 9.48. The Morgan fingerprint density at radius 1 is 0.360 bits per heavy atom. The molecule has 0 fully saturated rings. The van der Waals surface area contributed by atoms with Gasteiger partial charge in [-0.3, -0.25) is 0 Å². The van der Waals surface area contributed by atoms with E-state index >= 15 is 0 Å². The van der Waals surface area contributed by atoms with Crippen molar-refractivity contribution in [3.63, 3.8) is 0 Å². The van der Waals surface area contributed by atoms with Gasteiger partial charge < -0.3 is 0 Å². The molecule has 0 unspecified atom stereocenters. The van der Waals surface area contributed by atoms with Crippen LogP contribution in [0, 0.1) is 0 Å². The third kappa shape index (κ3) is 1.98. The van der Waals surface area contributed by atoms with Crippen LogP contribution in [0.4, 0.5) is 0 Å². The lowest BCUT2D eigenvalue weighted by atomic mass is 10.1. The SMILES string of the molecule is c1ccc([P+]2(c3ccccc3)c3ccccc3-c3ccccc32)cc1. The highest BCUT2D eigenvalue weighted by Crippen LogP contribution is 2.61. The van der Waals surface area contributed by atoms with Crippen molar-refractivity contribution in [1.29, 1.82) is 0 Å². The van der Waals surface area contributed by atoms with Gasteiger partial charge in [-0.15, -0.1) is 0 Å². The van der Waals surface area contributed by atoms with Crippen LogP contribution in [0.3, 0.4) is 0 Å². The van der Waals surface area contributed by atoms with Gasteiger partial charge in [0.15, 0.2) is 0 Å². The van der Waals surface area contributed by atoms with Gasteiger partial charge in [-0.25, -0.2) is 0 Å². The van der Waals surface area contributed by atoms with Crippen LogP contribution in [-0.2, 0) is 0 Å². The van der Waals surface area contributed by atoms with Crippen LogP contribution in [0.2, 0.25) is 0 Å². The Balaban J connectivity index is 1.98. The van der Waals surface area contributed by atoms with Gasteiger partial charge >= 0.3 is 0 Å². The summed E-state index contributed by atoms with van der Waals surface area (Å²) in [5, 5.41) is 5.82. The highest BCUT2D eigenvalue weighted by Gasteiger charge is 2.54. The number of hydrogen-bond acceptors (Lipinski definition) is 0. The summed E-state index contributed by atoms with van der Waals surface area (Å²) < 4.78 is 0. The predicted octanol–water partition coefficient (Wildman–Crippen LogP) is 4.29. The molecule has 0 bridgehead atoms. The molecule has 4 aromatic rings. The normalized spacial score (nSPS) is 13.9. The van der Waals surface area contributed by atoms with Crippen molar-refractivity contribution in [3.05, 3.63) is 109 Å². The molecule has 0 saturated carbocycles. The van der Waals surface area contributed by atoms with E-state index in [0.717, 1.165) is 0 Å². The lowest BCUT2D eigenvalue weighted by molar-refractivity contribution is 1.71. The van der Waals surface area contributed by atoms with Gasteiger partial charge in [0.1, 0.15) is 28.5 Å². The van der Waals surface area contributed by atoms with Gasteiger partial charge in [-0.2, -0.15) is 0 Å². The van der Waals surface area contributed by atoms with Crippen LogP contribution >= 0.6 is 7.26 Å². The minimum absolute atomic E-state index is 1.39. The number of hydrogen-bond donors (Lipinski definition) is 0. The quantitative estimate of drug-likeness (QED) is 0.422. The molecule has 0 saturated heterocycles. The van der Waals surface area contributed by atoms with Crippen LogP contribution in [-0.4, -0.2) is 0 Å². The maximum atomic E-state index is 2.34. The fraction of sp³-hybridized carbons (Fsp3) is 0. The molecule has 1 aliphatic heterocycles. The van der Waals surface area contributed by atoms with Crippen molar-refractivity contribution < 1.29 is 0 Å². The van der Waals surface area contributed by atoms with Gasteiger partial charge in [-0.05, 0) is 36.4 Å². The second-order valence-electron chi connectivity index (χ2n) is 6.38. The lowest BCUT2D eigenvalue weighted by Crippen LogP contribution is -2.35. The molecule has 0 aromatic heterocycles. The summed E-state index contributed by atoms with van der Waals surface area (Å²) in [6.45, 7) is 0. The first-order valence-corrected chi connectivity index (χ1v) is 10.4. The number of fused-ring (bicyclic) bond motifs is 3. The summed E-state index contributed by atoms with van der Waals surface area (Å²) in [7, 11) is -1.83. The maximum Gasteiger partial charge on any atom is 0.145 e. The molecule has 4 aromatic carbocycles. The molecule has 25 heavy (non-hydrogen) atoms. The minimum atomic E-state index is -1.83. The molecule has 0 spiro atoms. The monoisotopic (exact) mass is 337 g/mol. The van der Waals surface area contributed by atoms with Crippen molar-refractivity contribution in [2.75, 3.05) is 0 Å². The smallest absolute Gasteiger partial charge is 0.0620 e. The van der Waals surface area contributed by atoms with E-state index in [4.69, 9.17) is 0 Å².